The molecule has 25 heavy (non-hydrogen) atoms. The van der Waals surface area contributed by atoms with Crippen molar-refractivity contribution in [2.75, 3.05) is 12.3 Å². The van der Waals surface area contributed by atoms with Crippen LogP contribution in [0.25, 0.3) is 10.9 Å². The molecule has 0 saturated heterocycles. The zero-order valence-corrected chi connectivity index (χ0v) is 15.1. The quantitative estimate of drug-likeness (QED) is 0.546. The molecule has 1 unspecified atom stereocenters. The van der Waals surface area contributed by atoms with Crippen molar-refractivity contribution in [2.24, 2.45) is 7.05 Å². The number of hydrogen-bond acceptors (Lipinski definition) is 3. The van der Waals surface area contributed by atoms with Crippen molar-refractivity contribution in [3.63, 3.8) is 0 Å². The van der Waals surface area contributed by atoms with Gasteiger partial charge in [-0.25, -0.2) is 4.98 Å². The highest BCUT2D eigenvalue weighted by Crippen LogP contribution is 2.36. The Kier molecular flexibility index (Phi) is 4.53. The van der Waals surface area contributed by atoms with Crippen LogP contribution in [0.15, 0.2) is 41.8 Å². The first kappa shape index (κ1) is 16.3. The van der Waals surface area contributed by atoms with Crippen LogP contribution in [0.4, 0.5) is 0 Å². The zero-order chi connectivity index (χ0) is 17.2. The van der Waals surface area contributed by atoms with Crippen LogP contribution in [-0.2, 0) is 18.3 Å². The maximum absolute atomic E-state index is 12.7. The third-order valence-corrected chi connectivity index (χ3v) is 5.90. The van der Waals surface area contributed by atoms with Crippen LogP contribution in [0.5, 0.6) is 0 Å². The number of imidazole rings is 1. The molecule has 1 amide bonds. The second-order valence-electron chi connectivity index (χ2n) is 6.47. The number of aromatic nitrogens is 3. The van der Waals surface area contributed by atoms with E-state index in [2.05, 4.69) is 33.5 Å². The van der Waals surface area contributed by atoms with Gasteiger partial charge in [0.05, 0.1) is 5.92 Å². The Morgan fingerprint density at radius 1 is 1.44 bits per heavy atom. The number of benzene rings is 1. The van der Waals surface area contributed by atoms with Crippen LogP contribution < -0.4 is 5.32 Å². The highest BCUT2D eigenvalue weighted by atomic mass is 32.2. The molecule has 0 spiro atoms. The number of thioether (sulfide) groups is 1. The predicted octanol–water partition coefficient (Wildman–Crippen LogP) is 3.23. The summed E-state index contributed by atoms with van der Waals surface area (Å²) in [5, 5.41) is 5.34. The van der Waals surface area contributed by atoms with E-state index in [1.807, 2.05) is 23.9 Å². The molecule has 2 N–H and O–H groups in total. The molecule has 130 valence electrons. The standard InChI is InChI=1S/C19H22N4OS/c1-23-11-9-21-19(23)25-12-10-20-18(24)15-7-4-6-14-13-5-2-3-8-16(13)22-17(14)15/h2-3,5,8-9,11,15,22H,4,6-7,10,12H2,1H3,(H,20,24). The molecule has 5 nitrogen and oxygen atoms in total. The molecule has 0 radical (unpaired) electrons. The molecular formula is C19H22N4OS. The molecule has 0 fully saturated rings. The summed E-state index contributed by atoms with van der Waals surface area (Å²) in [5.74, 6) is 0.894. The molecule has 4 rings (SSSR count). The van der Waals surface area contributed by atoms with Crippen LogP contribution in [-0.4, -0.2) is 32.7 Å². The van der Waals surface area contributed by atoms with E-state index in [4.69, 9.17) is 0 Å². The van der Waals surface area contributed by atoms with Crippen LogP contribution in [0.2, 0.25) is 0 Å². The van der Waals surface area contributed by atoms with Gasteiger partial charge >= 0.3 is 0 Å². The summed E-state index contributed by atoms with van der Waals surface area (Å²) in [6.07, 6.45) is 6.76. The second kappa shape index (κ2) is 6.96. The van der Waals surface area contributed by atoms with Gasteiger partial charge in [0.2, 0.25) is 5.91 Å². The molecule has 2 heterocycles. The summed E-state index contributed by atoms with van der Waals surface area (Å²) < 4.78 is 1.99. The van der Waals surface area contributed by atoms with E-state index >= 15 is 0 Å². The Morgan fingerprint density at radius 3 is 3.16 bits per heavy atom. The zero-order valence-electron chi connectivity index (χ0n) is 14.3. The number of aryl methyl sites for hydroxylation is 2. The van der Waals surface area contributed by atoms with E-state index < -0.39 is 0 Å². The number of aromatic amines is 1. The average Bonchev–Trinajstić information content (AvgIpc) is 3.21. The molecule has 6 heteroatoms. The third kappa shape index (κ3) is 3.18. The molecule has 2 aromatic heterocycles. The van der Waals surface area contributed by atoms with E-state index in [-0.39, 0.29) is 11.8 Å². The van der Waals surface area contributed by atoms with Crippen LogP contribution in [0.3, 0.4) is 0 Å². The number of fused-ring (bicyclic) bond motifs is 3. The van der Waals surface area contributed by atoms with E-state index in [1.165, 1.54) is 10.9 Å². The molecule has 0 bridgehead atoms. The molecule has 1 atom stereocenters. The Morgan fingerprint density at radius 2 is 2.32 bits per heavy atom. The smallest absolute Gasteiger partial charge is 0.229 e. The number of para-hydroxylation sites is 1. The lowest BCUT2D eigenvalue weighted by Gasteiger charge is -2.22. The predicted molar refractivity (Wildman–Crippen MR) is 101 cm³/mol. The molecule has 1 aromatic carbocycles. The first-order valence-electron chi connectivity index (χ1n) is 8.71. The number of carbonyl (C=O) groups excluding carboxylic acids is 1. The summed E-state index contributed by atoms with van der Waals surface area (Å²) in [7, 11) is 1.98. The normalized spacial score (nSPS) is 16.8. The maximum Gasteiger partial charge on any atom is 0.229 e. The summed E-state index contributed by atoms with van der Waals surface area (Å²) in [6.45, 7) is 0.655. The number of nitrogens with zero attached hydrogens (tertiary/aromatic N) is 2. The van der Waals surface area contributed by atoms with Crippen LogP contribution in [0, 0.1) is 0 Å². The van der Waals surface area contributed by atoms with Crippen molar-refractivity contribution in [3.05, 3.63) is 47.9 Å². The highest BCUT2D eigenvalue weighted by molar-refractivity contribution is 7.99. The number of carbonyl (C=O) groups is 1. The summed E-state index contributed by atoms with van der Waals surface area (Å²) in [4.78, 5) is 20.5. The fourth-order valence-corrected chi connectivity index (χ4v) is 4.39. The fourth-order valence-electron chi connectivity index (χ4n) is 3.61. The van der Waals surface area contributed by atoms with Crippen molar-refractivity contribution in [1.29, 1.82) is 0 Å². The molecule has 0 aliphatic heterocycles. The van der Waals surface area contributed by atoms with Gasteiger partial charge in [0.1, 0.15) is 0 Å². The van der Waals surface area contributed by atoms with Crippen molar-refractivity contribution in [2.45, 2.75) is 30.3 Å². The second-order valence-corrected chi connectivity index (χ2v) is 7.53. The van der Waals surface area contributed by atoms with Gasteiger partial charge < -0.3 is 14.9 Å². The Balaban J connectivity index is 1.41. The molecular weight excluding hydrogens is 332 g/mol. The van der Waals surface area contributed by atoms with Gasteiger partial charge in [-0.2, -0.15) is 0 Å². The number of nitrogens with one attached hydrogen (secondary N) is 2. The van der Waals surface area contributed by atoms with Crippen molar-refractivity contribution in [3.8, 4) is 0 Å². The van der Waals surface area contributed by atoms with Gasteiger partial charge in [-0.1, -0.05) is 30.0 Å². The maximum atomic E-state index is 12.7. The number of hydrogen-bond donors (Lipinski definition) is 2. The van der Waals surface area contributed by atoms with Crippen molar-refractivity contribution < 1.29 is 4.79 Å². The van der Waals surface area contributed by atoms with Gasteiger partial charge in [-0.05, 0) is 30.9 Å². The average molecular weight is 354 g/mol. The van der Waals surface area contributed by atoms with Crippen molar-refractivity contribution >= 4 is 28.6 Å². The van der Waals surface area contributed by atoms with Gasteiger partial charge in [0.25, 0.3) is 0 Å². The number of amides is 1. The Bertz CT molecular complexity index is 898. The summed E-state index contributed by atoms with van der Waals surface area (Å²) in [6, 6.07) is 8.34. The lowest BCUT2D eigenvalue weighted by Crippen LogP contribution is -2.33. The minimum Gasteiger partial charge on any atom is -0.357 e. The minimum atomic E-state index is -0.0608. The van der Waals surface area contributed by atoms with Gasteiger partial charge in [-0.3, -0.25) is 4.79 Å². The van der Waals surface area contributed by atoms with Gasteiger partial charge in [-0.15, -0.1) is 0 Å². The van der Waals surface area contributed by atoms with Gasteiger partial charge in [0, 0.05) is 48.3 Å². The molecule has 1 aliphatic carbocycles. The summed E-state index contributed by atoms with van der Waals surface area (Å²) >= 11 is 1.66. The summed E-state index contributed by atoms with van der Waals surface area (Å²) in [5.41, 5.74) is 3.57. The van der Waals surface area contributed by atoms with E-state index in [0.717, 1.165) is 41.4 Å². The lowest BCUT2D eigenvalue weighted by atomic mass is 9.86. The van der Waals surface area contributed by atoms with Crippen molar-refractivity contribution in [1.82, 2.24) is 19.9 Å². The Labute approximate surface area is 151 Å². The number of rotatable bonds is 5. The largest absolute Gasteiger partial charge is 0.357 e. The van der Waals surface area contributed by atoms with E-state index in [0.29, 0.717) is 6.54 Å². The van der Waals surface area contributed by atoms with Crippen LogP contribution in [0.1, 0.15) is 30.0 Å². The Hall–Kier alpha value is -2.21. The lowest BCUT2D eigenvalue weighted by molar-refractivity contribution is -0.122. The highest BCUT2D eigenvalue weighted by Gasteiger charge is 2.29. The first-order chi connectivity index (χ1) is 12.2. The van der Waals surface area contributed by atoms with E-state index in [1.54, 1.807) is 18.0 Å². The third-order valence-electron chi connectivity index (χ3n) is 4.84. The van der Waals surface area contributed by atoms with E-state index in [9.17, 15) is 4.79 Å². The monoisotopic (exact) mass is 354 g/mol. The molecule has 0 saturated carbocycles. The van der Waals surface area contributed by atoms with Crippen LogP contribution >= 0.6 is 11.8 Å². The number of H-pyrrole nitrogens is 1. The first-order valence-corrected chi connectivity index (χ1v) is 9.70. The SMILES string of the molecule is Cn1ccnc1SCCNC(=O)C1CCCc2c1[nH]c1ccccc21. The minimum absolute atomic E-state index is 0.0608. The fraction of sp³-hybridized carbons (Fsp3) is 0.368. The van der Waals surface area contributed by atoms with Gasteiger partial charge in [0.15, 0.2) is 5.16 Å². The molecule has 3 aromatic rings. The molecule has 1 aliphatic rings. The topological polar surface area (TPSA) is 62.7 Å².